The lowest BCUT2D eigenvalue weighted by molar-refractivity contribution is 0.457. The fourth-order valence-electron chi connectivity index (χ4n) is 2.98. The number of nitrogens with one attached hydrogen (secondary N) is 1. The van der Waals surface area contributed by atoms with Gasteiger partial charge in [-0.3, -0.25) is 0 Å². The van der Waals surface area contributed by atoms with Crippen molar-refractivity contribution < 1.29 is 0 Å². The van der Waals surface area contributed by atoms with E-state index in [1.807, 2.05) is 13.0 Å². The van der Waals surface area contributed by atoms with Gasteiger partial charge in [-0.05, 0) is 23.7 Å². The van der Waals surface area contributed by atoms with Crippen LogP contribution in [0.3, 0.4) is 0 Å². The van der Waals surface area contributed by atoms with Gasteiger partial charge in [0.05, 0.1) is 5.69 Å². The summed E-state index contributed by atoms with van der Waals surface area (Å²) in [5.74, 6) is 1.67. The zero-order valence-electron chi connectivity index (χ0n) is 12.2. The normalized spacial score (nSPS) is 20.7. The quantitative estimate of drug-likeness (QED) is 0.807. The van der Waals surface area contributed by atoms with Crippen LogP contribution in [0.4, 0.5) is 5.95 Å². The molecule has 0 aliphatic heterocycles. The minimum atomic E-state index is 0.418. The van der Waals surface area contributed by atoms with E-state index in [1.165, 1.54) is 0 Å². The molecular weight excluding hydrogens is 222 g/mol. The van der Waals surface area contributed by atoms with Gasteiger partial charge in [-0.15, -0.1) is 6.58 Å². The molecule has 100 valence electrons. The fourth-order valence-corrected chi connectivity index (χ4v) is 2.98. The Kier molecular flexibility index (Phi) is 3.04. The Hall–Kier alpha value is -1.25. The first-order valence-electron chi connectivity index (χ1n) is 6.69. The maximum atomic E-state index is 4.53. The van der Waals surface area contributed by atoms with Gasteiger partial charge in [0.25, 0.3) is 0 Å². The Bertz CT molecular complexity index is 440. The Labute approximate surface area is 110 Å². The number of hydrogen-bond acceptors (Lipinski definition) is 2. The molecule has 1 aliphatic rings. The number of anilines is 1. The topological polar surface area (TPSA) is 29.9 Å². The van der Waals surface area contributed by atoms with E-state index < -0.39 is 0 Å². The predicted molar refractivity (Wildman–Crippen MR) is 76.7 cm³/mol. The van der Waals surface area contributed by atoms with Crippen molar-refractivity contribution in [3.05, 3.63) is 24.5 Å². The molecule has 1 N–H and O–H groups in total. The third-order valence-corrected chi connectivity index (χ3v) is 5.00. The average molecular weight is 247 g/mol. The number of nitrogens with zero attached hydrogens (tertiary/aromatic N) is 2. The Morgan fingerprint density at radius 2 is 2.00 bits per heavy atom. The lowest BCUT2D eigenvalue weighted by atomic mass is 10.0. The van der Waals surface area contributed by atoms with Crippen LogP contribution in [0.2, 0.25) is 0 Å². The summed E-state index contributed by atoms with van der Waals surface area (Å²) in [6, 6.07) is 0. The Balaban J connectivity index is 2.13. The molecule has 1 saturated carbocycles. The second kappa shape index (κ2) is 4.15. The standard InChI is InChI=1S/C15H25N3/c1-7-8-16-13-17-11(2)9-18(13)10-12-14(3,4)15(12,5)6/h7,9,12H,1,8,10H2,2-6H3,(H,16,17). The van der Waals surface area contributed by atoms with Crippen LogP contribution in [0.1, 0.15) is 33.4 Å². The number of rotatable bonds is 5. The number of aryl methyl sites for hydroxylation is 1. The molecule has 1 aromatic heterocycles. The lowest BCUT2D eigenvalue weighted by Crippen LogP contribution is -2.10. The van der Waals surface area contributed by atoms with E-state index in [9.17, 15) is 0 Å². The summed E-state index contributed by atoms with van der Waals surface area (Å²) in [6.07, 6.45) is 4.00. The number of hydrogen-bond donors (Lipinski definition) is 1. The minimum Gasteiger partial charge on any atom is -0.352 e. The lowest BCUT2D eigenvalue weighted by Gasteiger charge is -2.09. The summed E-state index contributed by atoms with van der Waals surface area (Å²) < 4.78 is 2.25. The molecule has 0 bridgehead atoms. The molecule has 1 heterocycles. The van der Waals surface area contributed by atoms with Crippen molar-refractivity contribution in [2.75, 3.05) is 11.9 Å². The molecule has 18 heavy (non-hydrogen) atoms. The van der Waals surface area contributed by atoms with Crippen LogP contribution in [0.5, 0.6) is 0 Å². The second-order valence-corrected chi connectivity index (χ2v) is 6.52. The molecule has 0 aromatic carbocycles. The Morgan fingerprint density at radius 3 is 2.50 bits per heavy atom. The number of imidazole rings is 1. The summed E-state index contributed by atoms with van der Waals surface area (Å²) in [5, 5.41) is 3.31. The third kappa shape index (κ3) is 1.96. The highest BCUT2D eigenvalue weighted by molar-refractivity contribution is 5.30. The molecule has 0 radical (unpaired) electrons. The van der Waals surface area contributed by atoms with Crippen LogP contribution >= 0.6 is 0 Å². The molecule has 2 rings (SSSR count). The van der Waals surface area contributed by atoms with Crippen molar-refractivity contribution in [3.63, 3.8) is 0 Å². The molecule has 0 amide bonds. The maximum absolute atomic E-state index is 4.53. The van der Waals surface area contributed by atoms with Crippen molar-refractivity contribution in [3.8, 4) is 0 Å². The highest BCUT2D eigenvalue weighted by Crippen LogP contribution is 2.68. The molecule has 3 heteroatoms. The summed E-state index contributed by atoms with van der Waals surface area (Å²) in [5.41, 5.74) is 1.90. The van der Waals surface area contributed by atoms with E-state index in [2.05, 4.69) is 55.3 Å². The van der Waals surface area contributed by atoms with Gasteiger partial charge >= 0.3 is 0 Å². The molecule has 1 aliphatic carbocycles. The van der Waals surface area contributed by atoms with Crippen molar-refractivity contribution in [1.29, 1.82) is 0 Å². The zero-order chi connectivity index (χ0) is 13.6. The molecule has 1 fully saturated rings. The molecule has 3 nitrogen and oxygen atoms in total. The zero-order valence-corrected chi connectivity index (χ0v) is 12.2. The second-order valence-electron chi connectivity index (χ2n) is 6.52. The van der Waals surface area contributed by atoms with Gasteiger partial charge < -0.3 is 9.88 Å². The van der Waals surface area contributed by atoms with Crippen LogP contribution in [0.15, 0.2) is 18.9 Å². The van der Waals surface area contributed by atoms with E-state index >= 15 is 0 Å². The number of aromatic nitrogens is 2. The highest BCUT2D eigenvalue weighted by atomic mass is 15.2. The summed E-state index contributed by atoms with van der Waals surface area (Å²) in [4.78, 5) is 4.53. The molecule has 0 saturated heterocycles. The maximum Gasteiger partial charge on any atom is 0.203 e. The van der Waals surface area contributed by atoms with Gasteiger partial charge in [0.2, 0.25) is 5.95 Å². The van der Waals surface area contributed by atoms with E-state index in [-0.39, 0.29) is 0 Å². The summed E-state index contributed by atoms with van der Waals surface area (Å²) >= 11 is 0. The van der Waals surface area contributed by atoms with Crippen molar-refractivity contribution in [2.45, 2.75) is 41.2 Å². The molecular formula is C15H25N3. The molecule has 0 unspecified atom stereocenters. The first-order chi connectivity index (χ1) is 8.30. The van der Waals surface area contributed by atoms with Crippen molar-refractivity contribution in [2.24, 2.45) is 16.7 Å². The van der Waals surface area contributed by atoms with Crippen LogP contribution in [-0.4, -0.2) is 16.1 Å². The van der Waals surface area contributed by atoms with E-state index in [4.69, 9.17) is 0 Å². The smallest absolute Gasteiger partial charge is 0.203 e. The highest BCUT2D eigenvalue weighted by Gasteiger charge is 2.64. The predicted octanol–water partition coefficient (Wildman–Crippen LogP) is 3.47. The fraction of sp³-hybridized carbons (Fsp3) is 0.667. The minimum absolute atomic E-state index is 0.418. The molecule has 0 atom stereocenters. The summed E-state index contributed by atoms with van der Waals surface area (Å²) in [7, 11) is 0. The van der Waals surface area contributed by atoms with Gasteiger partial charge in [0.15, 0.2) is 0 Å². The van der Waals surface area contributed by atoms with Gasteiger partial charge in [-0.25, -0.2) is 4.98 Å². The van der Waals surface area contributed by atoms with Crippen LogP contribution in [0.25, 0.3) is 0 Å². The molecule has 0 spiro atoms. The first-order valence-corrected chi connectivity index (χ1v) is 6.69. The molecule has 1 aromatic rings. The summed E-state index contributed by atoms with van der Waals surface area (Å²) in [6.45, 7) is 17.0. The van der Waals surface area contributed by atoms with E-state index in [0.717, 1.165) is 24.7 Å². The first kappa shape index (κ1) is 13.2. The largest absolute Gasteiger partial charge is 0.352 e. The Morgan fingerprint density at radius 1 is 1.39 bits per heavy atom. The van der Waals surface area contributed by atoms with E-state index in [0.29, 0.717) is 16.7 Å². The van der Waals surface area contributed by atoms with E-state index in [1.54, 1.807) is 0 Å². The monoisotopic (exact) mass is 247 g/mol. The van der Waals surface area contributed by atoms with Gasteiger partial charge in [-0.1, -0.05) is 33.8 Å². The van der Waals surface area contributed by atoms with Gasteiger partial charge in [0.1, 0.15) is 0 Å². The third-order valence-electron chi connectivity index (χ3n) is 5.00. The van der Waals surface area contributed by atoms with Crippen molar-refractivity contribution in [1.82, 2.24) is 9.55 Å². The van der Waals surface area contributed by atoms with Crippen LogP contribution in [-0.2, 0) is 6.54 Å². The SMILES string of the molecule is C=CCNc1nc(C)cn1CC1C(C)(C)C1(C)C. The van der Waals surface area contributed by atoms with Crippen molar-refractivity contribution >= 4 is 5.95 Å². The van der Waals surface area contributed by atoms with Crippen LogP contribution < -0.4 is 5.32 Å². The van der Waals surface area contributed by atoms with Gasteiger partial charge in [-0.2, -0.15) is 0 Å². The average Bonchev–Trinajstić information content (AvgIpc) is 2.60. The van der Waals surface area contributed by atoms with Gasteiger partial charge in [0, 0.05) is 19.3 Å². The van der Waals surface area contributed by atoms with Crippen LogP contribution in [0, 0.1) is 23.7 Å².